The van der Waals surface area contributed by atoms with E-state index >= 15 is 0 Å². The lowest BCUT2D eigenvalue weighted by atomic mass is 9.83. The Bertz CT molecular complexity index is 2070. The van der Waals surface area contributed by atoms with Crippen molar-refractivity contribution in [3.05, 3.63) is 83.2 Å². The van der Waals surface area contributed by atoms with Crippen LogP contribution in [0.5, 0.6) is 0 Å². The van der Waals surface area contributed by atoms with Crippen LogP contribution in [0.25, 0.3) is 21.8 Å². The molecule has 4 fully saturated rings. The van der Waals surface area contributed by atoms with E-state index in [0.717, 1.165) is 102 Å². The number of rotatable bonds is 8. The first-order chi connectivity index (χ1) is 30.4. The number of piperidine rings is 2. The molecule has 0 radical (unpaired) electrons. The van der Waals surface area contributed by atoms with Gasteiger partial charge in [-0.2, -0.15) is 26.3 Å². The van der Waals surface area contributed by atoms with Crippen LogP contribution >= 0.6 is 0 Å². The molecule has 10 nitrogen and oxygen atoms in total. The van der Waals surface area contributed by atoms with Gasteiger partial charge in [0, 0.05) is 139 Å². The number of fused-ring (bicyclic) bond motifs is 2. The van der Waals surface area contributed by atoms with Gasteiger partial charge in [0.15, 0.2) is 0 Å². The van der Waals surface area contributed by atoms with Crippen molar-refractivity contribution in [1.82, 2.24) is 39.4 Å². The van der Waals surface area contributed by atoms with E-state index in [4.69, 9.17) is 0 Å². The topological polar surface area (TPSA) is 79.4 Å². The monoisotopic (exact) mass is 896 g/mol. The minimum absolute atomic E-state index is 0.000296. The molecule has 4 atom stereocenters. The Balaban J connectivity index is 0.000000191. The summed E-state index contributed by atoms with van der Waals surface area (Å²) in [6.45, 7) is 16.2. The molecule has 64 heavy (non-hydrogen) atoms. The third-order valence-corrected chi connectivity index (χ3v) is 13.6. The van der Waals surface area contributed by atoms with Crippen molar-refractivity contribution in [3.8, 4) is 0 Å². The molecule has 0 saturated carbocycles. The second-order valence-electron chi connectivity index (χ2n) is 18.7. The lowest BCUT2D eigenvalue weighted by Crippen LogP contribution is -2.47. The van der Waals surface area contributed by atoms with Crippen LogP contribution in [0.1, 0.15) is 73.6 Å². The van der Waals surface area contributed by atoms with Crippen LogP contribution in [0.4, 0.5) is 26.3 Å². The number of halogens is 6. The Morgan fingerprint density at radius 3 is 1.30 bits per heavy atom. The zero-order valence-corrected chi connectivity index (χ0v) is 37.5. The number of alkyl halides is 6. The number of nitrogens with zero attached hydrogens (tertiary/aromatic N) is 8. The van der Waals surface area contributed by atoms with Crippen molar-refractivity contribution in [2.45, 2.75) is 63.7 Å². The summed E-state index contributed by atoms with van der Waals surface area (Å²) in [7, 11) is 4.22. The van der Waals surface area contributed by atoms with Crippen molar-refractivity contribution in [1.29, 1.82) is 0 Å². The van der Waals surface area contributed by atoms with Gasteiger partial charge in [-0.1, -0.05) is 38.1 Å². The third-order valence-electron chi connectivity index (χ3n) is 13.6. The third kappa shape index (κ3) is 11.7. The van der Waals surface area contributed by atoms with Gasteiger partial charge in [0.25, 0.3) is 0 Å². The molecule has 348 valence electrons. The molecule has 16 heteroatoms. The first-order valence-corrected chi connectivity index (χ1v) is 22.7. The molecule has 2 unspecified atom stereocenters. The lowest BCUT2D eigenvalue weighted by molar-refractivity contribution is -0.137. The number of hydrogen-bond donors (Lipinski definition) is 0. The van der Waals surface area contributed by atoms with Gasteiger partial charge < -0.3 is 29.4 Å². The molecular weight excluding hydrogens is 835 g/mol. The van der Waals surface area contributed by atoms with E-state index in [2.05, 4.69) is 57.5 Å². The highest BCUT2D eigenvalue weighted by molar-refractivity contribution is 5.87. The van der Waals surface area contributed by atoms with E-state index in [1.165, 1.54) is 12.4 Å². The van der Waals surface area contributed by atoms with Crippen LogP contribution in [0.3, 0.4) is 0 Å². The molecule has 2 amide bonds. The summed E-state index contributed by atoms with van der Waals surface area (Å²) in [5, 5.41) is 1.07. The van der Waals surface area contributed by atoms with E-state index in [9.17, 15) is 35.9 Å². The minimum Gasteiger partial charge on any atom is -0.342 e. The number of amides is 2. The highest BCUT2D eigenvalue weighted by Crippen LogP contribution is 2.41. The zero-order valence-electron chi connectivity index (χ0n) is 37.5. The molecule has 4 aliphatic rings. The van der Waals surface area contributed by atoms with Gasteiger partial charge in [0.05, 0.1) is 22.2 Å². The van der Waals surface area contributed by atoms with Crippen molar-refractivity contribution < 1.29 is 35.9 Å². The Morgan fingerprint density at radius 2 is 0.938 bits per heavy atom. The Kier molecular flexibility index (Phi) is 15.2. The summed E-state index contributed by atoms with van der Waals surface area (Å²) in [5.74, 6) is 0.844. The molecule has 0 bridgehead atoms. The lowest BCUT2D eigenvalue weighted by Gasteiger charge is -2.38. The second kappa shape index (κ2) is 20.4. The number of likely N-dealkylation sites (tertiary alicyclic amines) is 2. The van der Waals surface area contributed by atoms with Crippen LogP contribution in [-0.2, 0) is 21.9 Å². The normalized spacial score (nSPS) is 23.6. The summed E-state index contributed by atoms with van der Waals surface area (Å²) < 4.78 is 80.9. The van der Waals surface area contributed by atoms with Crippen LogP contribution in [0.2, 0.25) is 0 Å². The Labute approximate surface area is 372 Å². The molecule has 2 aromatic heterocycles. The molecule has 4 aliphatic heterocycles. The number of carbonyl (C=O) groups is 2. The molecule has 4 aromatic rings. The maximum atomic E-state index is 13.5. The molecule has 0 N–H and O–H groups in total. The number of benzene rings is 2. The van der Waals surface area contributed by atoms with Gasteiger partial charge >= 0.3 is 12.4 Å². The van der Waals surface area contributed by atoms with Gasteiger partial charge in [0.1, 0.15) is 0 Å². The summed E-state index contributed by atoms with van der Waals surface area (Å²) in [4.78, 5) is 47.2. The van der Waals surface area contributed by atoms with Crippen molar-refractivity contribution in [2.24, 2.45) is 11.8 Å². The number of piperazine rings is 2. The Hall–Kier alpha value is -4.38. The van der Waals surface area contributed by atoms with E-state index < -0.39 is 23.5 Å². The number of carbonyl (C=O) groups excluding carboxylic acids is 2. The van der Waals surface area contributed by atoms with Gasteiger partial charge in [0.2, 0.25) is 11.8 Å². The number of pyridine rings is 2. The molecule has 6 heterocycles. The molecule has 2 aromatic carbocycles. The van der Waals surface area contributed by atoms with Crippen LogP contribution in [-0.4, -0.2) is 157 Å². The fourth-order valence-electron chi connectivity index (χ4n) is 10.1. The van der Waals surface area contributed by atoms with Crippen LogP contribution in [0, 0.1) is 11.8 Å². The smallest absolute Gasteiger partial charge is 0.342 e. The maximum Gasteiger partial charge on any atom is 0.418 e. The predicted octanol–water partition coefficient (Wildman–Crippen LogP) is 7.69. The van der Waals surface area contributed by atoms with Gasteiger partial charge in [-0.25, -0.2) is 0 Å². The van der Waals surface area contributed by atoms with Gasteiger partial charge in [-0.05, 0) is 74.2 Å². The second-order valence-corrected chi connectivity index (χ2v) is 18.7. The van der Waals surface area contributed by atoms with E-state index in [1.54, 1.807) is 36.4 Å². The van der Waals surface area contributed by atoms with Crippen LogP contribution in [0.15, 0.2) is 60.9 Å². The highest BCUT2D eigenvalue weighted by Gasteiger charge is 2.37. The molecule has 0 spiro atoms. The average Bonchev–Trinajstić information content (AvgIpc) is 3.26. The number of likely N-dealkylation sites (N-methyl/N-ethyl adjacent to an activating group) is 2. The van der Waals surface area contributed by atoms with Gasteiger partial charge in [-0.3, -0.25) is 19.6 Å². The number of hydrogen-bond acceptors (Lipinski definition) is 8. The molecular formula is C48H62F6N8O2. The quantitative estimate of drug-likeness (QED) is 0.167. The van der Waals surface area contributed by atoms with Crippen molar-refractivity contribution >= 4 is 33.6 Å². The average molecular weight is 897 g/mol. The predicted molar refractivity (Wildman–Crippen MR) is 237 cm³/mol. The van der Waals surface area contributed by atoms with Crippen molar-refractivity contribution in [3.63, 3.8) is 0 Å². The summed E-state index contributed by atoms with van der Waals surface area (Å²) in [6.07, 6.45) is -3.43. The highest BCUT2D eigenvalue weighted by atomic mass is 19.4. The summed E-state index contributed by atoms with van der Waals surface area (Å²) >= 11 is 0. The van der Waals surface area contributed by atoms with Gasteiger partial charge in [-0.15, -0.1) is 0 Å². The number of aromatic nitrogens is 2. The Morgan fingerprint density at radius 1 is 0.562 bits per heavy atom. The van der Waals surface area contributed by atoms with E-state index in [1.807, 2.05) is 9.80 Å². The fraction of sp³-hybridized carbons (Fsp3) is 0.583. The molecule has 8 rings (SSSR count). The van der Waals surface area contributed by atoms with Crippen LogP contribution < -0.4 is 0 Å². The SMILES string of the molecule is CC1C[C@@H](c2ccc(C(F)(F)F)c3ncccc23)CN(C(=O)CCN2CCN(C)CC2)C1.CC1C[C@H](c2ccc(C(F)(F)F)c3ncccc23)CN(C(=O)CCN2CCN(C)CC2)C1. The standard InChI is InChI=1S/2C24H31F3N4O/c2*1-17-14-18(16-31(15-17)22(32)7-9-30-12-10-29(2)11-13-30)19-5-6-21(24(25,26)27)23-20(19)4-3-8-28-23/h2*3-6,8,17-18H,7,9-16H2,1-2H3/t2*17?,18-/m10/s1. The largest absolute Gasteiger partial charge is 0.418 e. The fourth-order valence-corrected chi connectivity index (χ4v) is 10.1. The maximum absolute atomic E-state index is 13.5. The summed E-state index contributed by atoms with van der Waals surface area (Å²) in [5.41, 5.74) is 0.267. The molecule has 4 saturated heterocycles. The summed E-state index contributed by atoms with van der Waals surface area (Å²) in [6, 6.07) is 12.2. The van der Waals surface area contributed by atoms with E-state index in [0.29, 0.717) is 49.8 Å². The molecule has 0 aliphatic carbocycles. The minimum atomic E-state index is -4.45. The van der Waals surface area contributed by atoms with E-state index in [-0.39, 0.29) is 46.5 Å². The van der Waals surface area contributed by atoms with Crippen molar-refractivity contribution in [2.75, 3.05) is 106 Å². The first kappa shape index (κ1) is 47.6. The first-order valence-electron chi connectivity index (χ1n) is 22.7. The zero-order chi connectivity index (χ0) is 45.8.